The fourth-order valence-electron chi connectivity index (χ4n) is 1.53. The monoisotopic (exact) mass is 249 g/mol. The quantitative estimate of drug-likeness (QED) is 0.399. The Balaban J connectivity index is 2.26. The van der Waals surface area contributed by atoms with Crippen molar-refractivity contribution in [3.63, 3.8) is 0 Å². The molecule has 0 aliphatic rings. The van der Waals surface area contributed by atoms with Crippen molar-refractivity contribution in [1.29, 1.82) is 0 Å². The summed E-state index contributed by atoms with van der Waals surface area (Å²) in [7, 11) is 0. The second kappa shape index (κ2) is 9.32. The summed E-state index contributed by atoms with van der Waals surface area (Å²) in [6.45, 7) is 8.00. The van der Waals surface area contributed by atoms with Gasteiger partial charge in [-0.05, 0) is 49.3 Å². The first-order valence-corrected chi connectivity index (χ1v) is 7.38. The molecule has 0 saturated heterocycles. The van der Waals surface area contributed by atoms with E-state index in [-0.39, 0.29) is 0 Å². The zero-order valence-corrected chi connectivity index (χ0v) is 11.6. The fraction of sp³-hybridized carbons (Fsp3) is 0.467. The topological polar surface area (TPSA) is 12.0 Å². The van der Waals surface area contributed by atoms with Crippen LogP contribution in [0.2, 0.25) is 0 Å². The van der Waals surface area contributed by atoms with Gasteiger partial charge in [0.15, 0.2) is 0 Å². The third-order valence-electron chi connectivity index (χ3n) is 2.50. The van der Waals surface area contributed by atoms with Gasteiger partial charge in [-0.25, -0.2) is 0 Å². The first kappa shape index (κ1) is 14.3. The predicted molar refractivity (Wildman–Crippen MR) is 78.6 cm³/mol. The van der Waals surface area contributed by atoms with Gasteiger partial charge in [0.1, 0.15) is 0 Å². The van der Waals surface area contributed by atoms with Crippen molar-refractivity contribution < 1.29 is 0 Å². The maximum Gasteiger partial charge on any atom is 0.0205 e. The number of thioether (sulfide) groups is 1. The molecule has 0 aromatic heterocycles. The minimum Gasteiger partial charge on any atom is -0.313 e. The summed E-state index contributed by atoms with van der Waals surface area (Å²) in [6.07, 6.45) is 5.51. The van der Waals surface area contributed by atoms with Crippen molar-refractivity contribution in [1.82, 2.24) is 5.32 Å². The van der Waals surface area contributed by atoms with Crippen LogP contribution in [0.15, 0.2) is 41.8 Å². The van der Waals surface area contributed by atoms with Gasteiger partial charge in [0.05, 0.1) is 0 Å². The number of nitrogens with one attached hydrogen (secondary N) is 1. The molecule has 0 spiro atoms. The van der Waals surface area contributed by atoms with Gasteiger partial charge in [-0.1, -0.05) is 25.1 Å². The minimum absolute atomic E-state index is 0.981. The van der Waals surface area contributed by atoms with Crippen LogP contribution in [0.5, 0.6) is 0 Å². The predicted octanol–water partition coefficient (Wildman–Crippen LogP) is 4.24. The molecular formula is C15H23NS. The highest BCUT2D eigenvalue weighted by Crippen LogP contribution is 2.19. The second-order valence-corrected chi connectivity index (χ2v) is 5.27. The van der Waals surface area contributed by atoms with Gasteiger partial charge in [0.2, 0.25) is 0 Å². The zero-order chi connectivity index (χ0) is 12.3. The maximum atomic E-state index is 3.74. The van der Waals surface area contributed by atoms with Crippen LogP contribution in [0.4, 0.5) is 0 Å². The molecule has 1 aromatic rings. The molecule has 0 saturated carbocycles. The summed E-state index contributed by atoms with van der Waals surface area (Å²) in [6, 6.07) is 8.89. The van der Waals surface area contributed by atoms with Gasteiger partial charge in [-0.3, -0.25) is 0 Å². The Hall–Kier alpha value is -0.730. The van der Waals surface area contributed by atoms with E-state index in [4.69, 9.17) is 0 Å². The van der Waals surface area contributed by atoms with E-state index in [0.717, 1.165) is 19.5 Å². The molecule has 0 amide bonds. The van der Waals surface area contributed by atoms with Crippen molar-refractivity contribution in [3.8, 4) is 0 Å². The SMILES string of the molecule is C=CCCCSc1ccc(CNCCC)cc1. The molecule has 0 aliphatic carbocycles. The Morgan fingerprint density at radius 1 is 1.29 bits per heavy atom. The summed E-state index contributed by atoms with van der Waals surface area (Å²) in [4.78, 5) is 1.37. The van der Waals surface area contributed by atoms with Crippen LogP contribution >= 0.6 is 11.8 Å². The first-order chi connectivity index (χ1) is 8.36. The molecule has 17 heavy (non-hydrogen) atoms. The molecule has 1 rings (SSSR count). The molecule has 0 heterocycles. The smallest absolute Gasteiger partial charge is 0.0205 e. The largest absolute Gasteiger partial charge is 0.313 e. The Morgan fingerprint density at radius 3 is 2.71 bits per heavy atom. The summed E-state index contributed by atoms with van der Waals surface area (Å²) in [5.74, 6) is 1.18. The number of hydrogen-bond donors (Lipinski definition) is 1. The third kappa shape index (κ3) is 6.54. The van der Waals surface area contributed by atoms with Crippen molar-refractivity contribution in [2.45, 2.75) is 37.6 Å². The van der Waals surface area contributed by atoms with E-state index >= 15 is 0 Å². The van der Waals surface area contributed by atoms with E-state index in [0.29, 0.717) is 0 Å². The molecule has 0 radical (unpaired) electrons. The van der Waals surface area contributed by atoms with E-state index in [1.165, 1.54) is 29.1 Å². The highest BCUT2D eigenvalue weighted by atomic mass is 32.2. The average Bonchev–Trinajstić information content (AvgIpc) is 2.37. The molecule has 0 bridgehead atoms. The normalized spacial score (nSPS) is 10.4. The molecule has 0 unspecified atom stereocenters. The van der Waals surface area contributed by atoms with E-state index < -0.39 is 0 Å². The Labute approximate surface area is 110 Å². The van der Waals surface area contributed by atoms with Gasteiger partial charge in [0, 0.05) is 11.4 Å². The van der Waals surface area contributed by atoms with Crippen LogP contribution in [0, 0.1) is 0 Å². The van der Waals surface area contributed by atoms with Gasteiger partial charge in [0.25, 0.3) is 0 Å². The van der Waals surface area contributed by atoms with Gasteiger partial charge >= 0.3 is 0 Å². The first-order valence-electron chi connectivity index (χ1n) is 6.40. The van der Waals surface area contributed by atoms with E-state index in [1.54, 1.807) is 0 Å². The van der Waals surface area contributed by atoms with Gasteiger partial charge in [-0.2, -0.15) is 0 Å². The van der Waals surface area contributed by atoms with Gasteiger partial charge in [-0.15, -0.1) is 18.3 Å². The summed E-state index contributed by atoms with van der Waals surface area (Å²) < 4.78 is 0. The van der Waals surface area contributed by atoms with E-state index in [1.807, 2.05) is 17.8 Å². The second-order valence-electron chi connectivity index (χ2n) is 4.10. The minimum atomic E-state index is 0.981. The summed E-state index contributed by atoms with van der Waals surface area (Å²) >= 11 is 1.93. The molecule has 0 aliphatic heterocycles. The average molecular weight is 249 g/mol. The van der Waals surface area contributed by atoms with Crippen LogP contribution in [-0.4, -0.2) is 12.3 Å². The Morgan fingerprint density at radius 2 is 2.06 bits per heavy atom. The van der Waals surface area contributed by atoms with Crippen LogP contribution in [-0.2, 0) is 6.54 Å². The maximum absolute atomic E-state index is 3.74. The van der Waals surface area contributed by atoms with Crippen LogP contribution in [0.3, 0.4) is 0 Å². The number of rotatable bonds is 9. The molecule has 0 fully saturated rings. The molecule has 0 atom stereocenters. The Kier molecular flexibility index (Phi) is 7.85. The molecule has 2 heteroatoms. The molecule has 1 N–H and O–H groups in total. The summed E-state index contributed by atoms with van der Waals surface area (Å²) in [5.41, 5.74) is 1.37. The van der Waals surface area contributed by atoms with E-state index in [9.17, 15) is 0 Å². The Bertz CT molecular complexity index is 305. The zero-order valence-electron chi connectivity index (χ0n) is 10.7. The van der Waals surface area contributed by atoms with Crippen molar-refractivity contribution in [2.75, 3.05) is 12.3 Å². The standard InChI is InChI=1S/C15H23NS/c1-3-5-6-12-17-15-9-7-14(8-10-15)13-16-11-4-2/h3,7-10,16H,1,4-6,11-13H2,2H3. The van der Waals surface area contributed by atoms with Gasteiger partial charge < -0.3 is 5.32 Å². The van der Waals surface area contributed by atoms with Crippen LogP contribution in [0.1, 0.15) is 31.7 Å². The van der Waals surface area contributed by atoms with Crippen molar-refractivity contribution in [2.24, 2.45) is 0 Å². The lowest BCUT2D eigenvalue weighted by atomic mass is 10.2. The highest BCUT2D eigenvalue weighted by molar-refractivity contribution is 7.99. The van der Waals surface area contributed by atoms with Crippen LogP contribution in [0.25, 0.3) is 0 Å². The molecular weight excluding hydrogens is 226 g/mol. The lowest BCUT2D eigenvalue weighted by molar-refractivity contribution is 0.675. The third-order valence-corrected chi connectivity index (χ3v) is 3.60. The number of allylic oxidation sites excluding steroid dienone is 1. The number of hydrogen-bond acceptors (Lipinski definition) is 2. The van der Waals surface area contributed by atoms with Crippen molar-refractivity contribution >= 4 is 11.8 Å². The lowest BCUT2D eigenvalue weighted by Crippen LogP contribution is -2.13. The van der Waals surface area contributed by atoms with Crippen molar-refractivity contribution in [3.05, 3.63) is 42.5 Å². The molecule has 1 nitrogen and oxygen atoms in total. The lowest BCUT2D eigenvalue weighted by Gasteiger charge is -2.05. The highest BCUT2D eigenvalue weighted by Gasteiger charge is 1.95. The molecule has 1 aromatic carbocycles. The van der Waals surface area contributed by atoms with Crippen LogP contribution < -0.4 is 5.32 Å². The van der Waals surface area contributed by atoms with E-state index in [2.05, 4.69) is 43.1 Å². The number of unbranched alkanes of at least 4 members (excludes halogenated alkanes) is 1. The number of benzene rings is 1. The summed E-state index contributed by atoms with van der Waals surface area (Å²) in [5, 5.41) is 3.41. The molecule has 94 valence electrons. The fourth-order valence-corrected chi connectivity index (χ4v) is 2.41.